The number of carbonyl (C=O) groups is 2. The Morgan fingerprint density at radius 2 is 2.11 bits per heavy atom. The molecule has 2 aromatic rings. The maximum absolute atomic E-state index is 12.9. The van der Waals surface area contributed by atoms with E-state index in [0.717, 1.165) is 10.2 Å². The van der Waals surface area contributed by atoms with Crippen LogP contribution in [-0.2, 0) is 14.3 Å². The highest BCUT2D eigenvalue weighted by Crippen LogP contribution is 2.30. The lowest BCUT2D eigenvalue weighted by Gasteiger charge is -2.36. The second kappa shape index (κ2) is 7.70. The van der Waals surface area contributed by atoms with E-state index in [4.69, 9.17) is 4.74 Å². The number of benzene rings is 1. The first kappa shape index (κ1) is 18.6. The van der Waals surface area contributed by atoms with E-state index < -0.39 is 0 Å². The Hall–Kier alpha value is -2.75. The number of allylic oxidation sites excluding steroid dienone is 1. The molecule has 1 aromatic heterocycles. The zero-order valence-corrected chi connectivity index (χ0v) is 16.4. The molecule has 1 N–H and O–H groups in total. The first-order valence-electron chi connectivity index (χ1n) is 9.01. The normalized spacial score (nSPS) is 19.2. The molecule has 8 nitrogen and oxygen atoms in total. The van der Waals surface area contributed by atoms with Gasteiger partial charge in [-0.1, -0.05) is 30.0 Å². The van der Waals surface area contributed by atoms with Crippen molar-refractivity contribution in [2.24, 2.45) is 0 Å². The fourth-order valence-corrected chi connectivity index (χ4v) is 4.16. The number of thiazole rings is 1. The van der Waals surface area contributed by atoms with E-state index in [0.29, 0.717) is 42.8 Å². The van der Waals surface area contributed by atoms with Crippen molar-refractivity contribution in [3.63, 3.8) is 0 Å². The maximum atomic E-state index is 12.9. The lowest BCUT2D eigenvalue weighted by Crippen LogP contribution is -2.50. The Morgan fingerprint density at radius 1 is 1.36 bits per heavy atom. The summed E-state index contributed by atoms with van der Waals surface area (Å²) in [6.07, 6.45) is 1.57. The average Bonchev–Trinajstić information content (AvgIpc) is 3.25. The van der Waals surface area contributed by atoms with E-state index >= 15 is 0 Å². The van der Waals surface area contributed by atoms with Gasteiger partial charge in [0.25, 0.3) is 11.8 Å². The van der Waals surface area contributed by atoms with Crippen LogP contribution in [0, 0.1) is 0 Å². The van der Waals surface area contributed by atoms with E-state index in [-0.39, 0.29) is 18.2 Å². The van der Waals surface area contributed by atoms with Crippen molar-refractivity contribution in [3.8, 4) is 0 Å². The fourth-order valence-electron chi connectivity index (χ4n) is 3.21. The smallest absolute Gasteiger partial charge is 0.267 e. The van der Waals surface area contributed by atoms with Crippen molar-refractivity contribution in [1.82, 2.24) is 20.4 Å². The number of para-hydroxylation sites is 1. The van der Waals surface area contributed by atoms with Crippen LogP contribution in [0.1, 0.15) is 13.3 Å². The quantitative estimate of drug-likeness (QED) is 0.793. The minimum absolute atomic E-state index is 0.120. The molecule has 146 valence electrons. The van der Waals surface area contributed by atoms with E-state index in [1.54, 1.807) is 11.9 Å². The van der Waals surface area contributed by atoms with Gasteiger partial charge >= 0.3 is 0 Å². The second-order valence-electron chi connectivity index (χ2n) is 6.60. The number of nitrogens with one attached hydrogen (secondary N) is 1. The molecule has 3 heterocycles. The van der Waals surface area contributed by atoms with Gasteiger partial charge in [-0.25, -0.2) is 15.0 Å². The highest BCUT2D eigenvalue weighted by atomic mass is 32.1. The highest BCUT2D eigenvalue weighted by Gasteiger charge is 2.30. The van der Waals surface area contributed by atoms with Crippen molar-refractivity contribution >= 4 is 38.5 Å². The molecule has 0 bridgehead atoms. The molecule has 9 heteroatoms. The van der Waals surface area contributed by atoms with Crippen LogP contribution >= 0.6 is 11.3 Å². The third-order valence-corrected chi connectivity index (χ3v) is 5.48. The summed E-state index contributed by atoms with van der Waals surface area (Å²) in [6, 6.07) is 7.71. The lowest BCUT2D eigenvalue weighted by molar-refractivity contribution is -0.145. The number of amides is 2. The summed E-state index contributed by atoms with van der Waals surface area (Å²) in [5, 5.41) is 5.42. The van der Waals surface area contributed by atoms with Gasteiger partial charge < -0.3 is 4.74 Å². The van der Waals surface area contributed by atoms with Crippen LogP contribution in [0.2, 0.25) is 0 Å². The van der Waals surface area contributed by atoms with Gasteiger partial charge in [0.2, 0.25) is 5.13 Å². The van der Waals surface area contributed by atoms with Crippen LogP contribution in [0.25, 0.3) is 10.2 Å². The molecular weight excluding hydrogens is 378 g/mol. The largest absolute Gasteiger partial charge is 0.379 e. The molecule has 0 unspecified atom stereocenters. The van der Waals surface area contributed by atoms with Crippen molar-refractivity contribution < 1.29 is 14.3 Å². The van der Waals surface area contributed by atoms with Crippen molar-refractivity contribution in [1.29, 1.82) is 0 Å². The molecule has 0 radical (unpaired) electrons. The van der Waals surface area contributed by atoms with Gasteiger partial charge in [-0.15, -0.1) is 0 Å². The Morgan fingerprint density at radius 3 is 2.82 bits per heavy atom. The molecule has 0 spiro atoms. The Kier molecular flexibility index (Phi) is 5.12. The molecule has 1 aromatic carbocycles. The van der Waals surface area contributed by atoms with Crippen LogP contribution in [0.15, 0.2) is 48.3 Å². The molecule has 2 aliphatic rings. The number of nitrogens with zero attached hydrogens (tertiary/aromatic N) is 4. The van der Waals surface area contributed by atoms with Crippen LogP contribution in [0.4, 0.5) is 5.13 Å². The molecule has 4 rings (SSSR count). The molecule has 0 aliphatic carbocycles. The number of carbonyl (C=O) groups excluding carboxylic acids is 2. The van der Waals surface area contributed by atoms with Gasteiger partial charge in [-0.05, 0) is 19.1 Å². The number of hydrogen-bond donors (Lipinski definition) is 1. The molecule has 0 atom stereocenters. The summed E-state index contributed by atoms with van der Waals surface area (Å²) in [6.45, 7) is 8.06. The molecule has 0 saturated carbocycles. The standard InChI is InChI=1S/C19H21N5O3S/c1-13(2)24(22-7-9-27-10-8-22)18(26)12-14-11-17(25)23(21-14)19-20-15-5-3-4-6-16(15)28-19/h3-6,12,21H,1,7-11H2,2H3/b14-12+. The van der Waals surface area contributed by atoms with Gasteiger partial charge in [0.15, 0.2) is 0 Å². The summed E-state index contributed by atoms with van der Waals surface area (Å²) in [5.41, 5.74) is 5.01. The number of aromatic nitrogens is 1. The van der Waals surface area contributed by atoms with Crippen LogP contribution in [-0.4, -0.2) is 53.1 Å². The molecule has 2 fully saturated rings. The lowest BCUT2D eigenvalue weighted by atomic mass is 10.3. The third-order valence-electron chi connectivity index (χ3n) is 4.46. The molecule has 2 amide bonds. The second-order valence-corrected chi connectivity index (χ2v) is 7.61. The van der Waals surface area contributed by atoms with Crippen LogP contribution < -0.4 is 10.4 Å². The van der Waals surface area contributed by atoms with Crippen molar-refractivity contribution in [2.75, 3.05) is 31.3 Å². The van der Waals surface area contributed by atoms with Gasteiger partial charge in [0.1, 0.15) is 0 Å². The minimum atomic E-state index is -0.240. The van der Waals surface area contributed by atoms with E-state index in [1.807, 2.05) is 29.3 Å². The Labute approximate surface area is 166 Å². The predicted molar refractivity (Wildman–Crippen MR) is 107 cm³/mol. The van der Waals surface area contributed by atoms with Gasteiger partial charge in [-0.2, -0.15) is 5.01 Å². The molecule has 2 aliphatic heterocycles. The van der Waals surface area contributed by atoms with Crippen LogP contribution in [0.5, 0.6) is 0 Å². The van der Waals surface area contributed by atoms with E-state index in [2.05, 4.69) is 17.0 Å². The van der Waals surface area contributed by atoms with E-state index in [9.17, 15) is 9.59 Å². The average molecular weight is 399 g/mol. The Balaban J connectivity index is 1.52. The van der Waals surface area contributed by atoms with Crippen molar-refractivity contribution in [3.05, 3.63) is 48.3 Å². The monoisotopic (exact) mass is 399 g/mol. The minimum Gasteiger partial charge on any atom is -0.379 e. The first-order chi connectivity index (χ1) is 13.5. The van der Waals surface area contributed by atoms with Crippen molar-refractivity contribution in [2.45, 2.75) is 13.3 Å². The topological polar surface area (TPSA) is 78.0 Å². The summed E-state index contributed by atoms with van der Waals surface area (Å²) in [5.74, 6) is -0.387. The number of anilines is 1. The molecular formula is C19H21N5O3S. The first-order valence-corrected chi connectivity index (χ1v) is 9.82. The van der Waals surface area contributed by atoms with Gasteiger partial charge in [-0.3, -0.25) is 15.0 Å². The zero-order valence-electron chi connectivity index (χ0n) is 15.6. The highest BCUT2D eigenvalue weighted by molar-refractivity contribution is 7.22. The summed E-state index contributed by atoms with van der Waals surface area (Å²) >= 11 is 1.43. The molecule has 2 saturated heterocycles. The third kappa shape index (κ3) is 3.64. The van der Waals surface area contributed by atoms with E-state index in [1.165, 1.54) is 22.4 Å². The number of ether oxygens (including phenoxy) is 1. The number of morpholine rings is 1. The van der Waals surface area contributed by atoms with Crippen LogP contribution in [0.3, 0.4) is 0 Å². The predicted octanol–water partition coefficient (Wildman–Crippen LogP) is 2.03. The molecule has 28 heavy (non-hydrogen) atoms. The zero-order chi connectivity index (χ0) is 19.7. The number of hydrogen-bond acceptors (Lipinski definition) is 7. The Bertz CT molecular complexity index is 930. The number of hydrazine groups is 2. The van der Waals surface area contributed by atoms with Gasteiger partial charge in [0.05, 0.1) is 29.9 Å². The van der Waals surface area contributed by atoms with Gasteiger partial charge in [0, 0.05) is 30.6 Å². The summed E-state index contributed by atoms with van der Waals surface area (Å²) in [7, 11) is 0. The fraction of sp³-hybridized carbons (Fsp3) is 0.316. The summed E-state index contributed by atoms with van der Waals surface area (Å²) in [4.78, 5) is 29.8. The maximum Gasteiger partial charge on any atom is 0.267 e. The number of fused-ring (bicyclic) bond motifs is 1. The number of rotatable bonds is 4. The SMILES string of the molecule is C=C(C)N(C(=O)/C=C1\CC(=O)N(c2nc3ccccc3s2)N1)N1CCOCC1. The summed E-state index contributed by atoms with van der Waals surface area (Å²) < 4.78 is 6.35.